The molecule has 0 saturated carbocycles. The van der Waals surface area contributed by atoms with Crippen LogP contribution in [0.5, 0.6) is 5.75 Å². The number of urea groups is 1. The molecule has 2 aromatic carbocycles. The number of amides is 5. The lowest BCUT2D eigenvalue weighted by Gasteiger charge is -2.24. The van der Waals surface area contributed by atoms with E-state index in [1.165, 1.54) is 12.0 Å². The van der Waals surface area contributed by atoms with Crippen molar-refractivity contribution in [1.82, 2.24) is 15.1 Å². The van der Waals surface area contributed by atoms with Crippen molar-refractivity contribution in [3.63, 3.8) is 0 Å². The summed E-state index contributed by atoms with van der Waals surface area (Å²) in [5.74, 6) is -0.953. The zero-order chi connectivity index (χ0) is 23.3. The number of rotatable bonds is 8. The molecule has 0 aromatic heterocycles. The lowest BCUT2D eigenvalue weighted by molar-refractivity contribution is -0.140. The molecular weight excluding hydrogens is 412 g/mol. The van der Waals surface area contributed by atoms with Gasteiger partial charge in [0.2, 0.25) is 11.8 Å². The van der Waals surface area contributed by atoms with Gasteiger partial charge >= 0.3 is 6.03 Å². The molecule has 5 amide bonds. The van der Waals surface area contributed by atoms with Gasteiger partial charge in [0.05, 0.1) is 19.3 Å². The monoisotopic (exact) mass is 438 g/mol. The van der Waals surface area contributed by atoms with Crippen molar-refractivity contribution in [2.45, 2.75) is 19.4 Å². The van der Waals surface area contributed by atoms with Gasteiger partial charge in [-0.1, -0.05) is 42.5 Å². The second-order valence-corrected chi connectivity index (χ2v) is 7.47. The Hall–Kier alpha value is -3.88. The highest BCUT2D eigenvalue weighted by Gasteiger charge is 2.49. The van der Waals surface area contributed by atoms with Gasteiger partial charge in [-0.05, 0) is 31.5 Å². The van der Waals surface area contributed by atoms with Crippen LogP contribution in [-0.4, -0.2) is 60.3 Å². The van der Waals surface area contributed by atoms with Crippen molar-refractivity contribution in [3.8, 4) is 5.75 Å². The molecule has 1 atom stereocenters. The maximum Gasteiger partial charge on any atom is 0.325 e. The minimum Gasteiger partial charge on any atom is -0.495 e. The van der Waals surface area contributed by atoms with Crippen LogP contribution in [-0.2, 0) is 19.9 Å². The number of para-hydroxylation sites is 2. The number of carbonyl (C=O) groups excluding carboxylic acids is 4. The van der Waals surface area contributed by atoms with E-state index in [4.69, 9.17) is 4.74 Å². The third-order valence-corrected chi connectivity index (χ3v) is 5.37. The van der Waals surface area contributed by atoms with Gasteiger partial charge in [0.1, 0.15) is 17.8 Å². The van der Waals surface area contributed by atoms with Gasteiger partial charge in [0.25, 0.3) is 5.91 Å². The Kier molecular flexibility index (Phi) is 6.77. The summed E-state index contributed by atoms with van der Waals surface area (Å²) in [4.78, 5) is 53.0. The second-order valence-electron chi connectivity index (χ2n) is 7.47. The topological polar surface area (TPSA) is 108 Å². The summed E-state index contributed by atoms with van der Waals surface area (Å²) in [5, 5.41) is 5.38. The normalized spacial score (nSPS) is 17.7. The Morgan fingerprint density at radius 1 is 1.09 bits per heavy atom. The first-order valence-corrected chi connectivity index (χ1v) is 10.2. The molecule has 1 aliphatic heterocycles. The molecule has 0 unspecified atom stereocenters. The first-order chi connectivity index (χ1) is 15.3. The minimum atomic E-state index is -1.25. The predicted octanol–water partition coefficient (Wildman–Crippen LogP) is 1.95. The third kappa shape index (κ3) is 4.56. The highest BCUT2D eigenvalue weighted by Crippen LogP contribution is 2.28. The second kappa shape index (κ2) is 9.51. The average Bonchev–Trinajstić information content (AvgIpc) is 3.02. The van der Waals surface area contributed by atoms with Crippen molar-refractivity contribution in [1.29, 1.82) is 0 Å². The maximum atomic E-state index is 13.0. The number of carbonyl (C=O) groups is 4. The Bertz CT molecular complexity index is 1030. The van der Waals surface area contributed by atoms with E-state index in [1.807, 2.05) is 6.07 Å². The van der Waals surface area contributed by atoms with E-state index in [0.717, 1.165) is 4.90 Å². The van der Waals surface area contributed by atoms with E-state index in [0.29, 0.717) is 17.0 Å². The van der Waals surface area contributed by atoms with Crippen LogP contribution in [0.4, 0.5) is 10.5 Å². The summed E-state index contributed by atoms with van der Waals surface area (Å²) in [5.41, 5.74) is -0.148. The SMILES string of the molecule is CCN(CC(=O)Nc1ccccc1OC)C(=O)CN1C(=O)N[C@@](C)(c2ccccc2)C1=O. The summed E-state index contributed by atoms with van der Waals surface area (Å²) in [6.45, 7) is 2.87. The summed E-state index contributed by atoms with van der Waals surface area (Å²) < 4.78 is 5.21. The van der Waals surface area contributed by atoms with Crippen molar-refractivity contribution < 1.29 is 23.9 Å². The Balaban J connectivity index is 1.66. The van der Waals surface area contributed by atoms with Crippen molar-refractivity contribution in [2.75, 3.05) is 32.1 Å². The molecule has 0 radical (unpaired) electrons. The van der Waals surface area contributed by atoms with Gasteiger partial charge in [-0.2, -0.15) is 0 Å². The summed E-state index contributed by atoms with van der Waals surface area (Å²) in [7, 11) is 1.49. The maximum absolute atomic E-state index is 13.0. The fourth-order valence-corrected chi connectivity index (χ4v) is 3.53. The Morgan fingerprint density at radius 3 is 2.41 bits per heavy atom. The smallest absolute Gasteiger partial charge is 0.325 e. The van der Waals surface area contributed by atoms with Gasteiger partial charge < -0.3 is 20.3 Å². The number of imide groups is 1. The van der Waals surface area contributed by atoms with E-state index < -0.39 is 35.8 Å². The van der Waals surface area contributed by atoms with E-state index in [9.17, 15) is 19.2 Å². The van der Waals surface area contributed by atoms with E-state index in [-0.39, 0.29) is 13.1 Å². The van der Waals surface area contributed by atoms with Crippen LogP contribution in [0.15, 0.2) is 54.6 Å². The van der Waals surface area contributed by atoms with Gasteiger partial charge in [-0.25, -0.2) is 4.79 Å². The van der Waals surface area contributed by atoms with Gasteiger partial charge in [0, 0.05) is 6.54 Å². The summed E-state index contributed by atoms with van der Waals surface area (Å²) >= 11 is 0. The van der Waals surface area contributed by atoms with Crippen molar-refractivity contribution in [2.24, 2.45) is 0 Å². The molecule has 1 aliphatic rings. The van der Waals surface area contributed by atoms with Crippen LogP contribution in [0.3, 0.4) is 0 Å². The van der Waals surface area contributed by atoms with Crippen molar-refractivity contribution in [3.05, 3.63) is 60.2 Å². The van der Waals surface area contributed by atoms with Crippen LogP contribution in [0, 0.1) is 0 Å². The number of likely N-dealkylation sites (N-methyl/N-ethyl adjacent to an activating group) is 1. The van der Waals surface area contributed by atoms with E-state index in [1.54, 1.807) is 62.4 Å². The van der Waals surface area contributed by atoms with E-state index in [2.05, 4.69) is 10.6 Å². The lowest BCUT2D eigenvalue weighted by atomic mass is 9.92. The van der Waals surface area contributed by atoms with Crippen LogP contribution >= 0.6 is 0 Å². The largest absolute Gasteiger partial charge is 0.495 e. The lowest BCUT2D eigenvalue weighted by Crippen LogP contribution is -2.46. The molecular formula is C23H26N4O5. The Labute approximate surface area is 186 Å². The number of ether oxygens (including phenoxy) is 1. The molecule has 1 saturated heterocycles. The highest BCUT2D eigenvalue weighted by atomic mass is 16.5. The number of anilines is 1. The molecule has 0 aliphatic carbocycles. The zero-order valence-corrected chi connectivity index (χ0v) is 18.3. The van der Waals surface area contributed by atoms with Gasteiger partial charge in [0.15, 0.2) is 0 Å². The number of methoxy groups -OCH3 is 1. The fraction of sp³-hybridized carbons (Fsp3) is 0.304. The quantitative estimate of drug-likeness (QED) is 0.613. The van der Waals surface area contributed by atoms with Gasteiger partial charge in [-0.15, -0.1) is 0 Å². The molecule has 1 heterocycles. The summed E-state index contributed by atoms with van der Waals surface area (Å²) in [6.07, 6.45) is 0. The molecule has 2 N–H and O–H groups in total. The van der Waals surface area contributed by atoms with Crippen LogP contribution in [0.2, 0.25) is 0 Å². The molecule has 0 spiro atoms. The third-order valence-electron chi connectivity index (χ3n) is 5.37. The van der Waals surface area contributed by atoms with E-state index >= 15 is 0 Å². The standard InChI is InChI=1S/C23H26N4O5/c1-4-26(14-19(28)24-17-12-8-9-13-18(17)32-3)20(29)15-27-21(30)23(2,25-22(27)31)16-10-6-5-7-11-16/h5-13H,4,14-15H2,1-3H3,(H,24,28)(H,25,31)/t23-/m0/s1. The predicted molar refractivity (Wildman–Crippen MR) is 118 cm³/mol. The number of benzene rings is 2. The number of nitrogens with one attached hydrogen (secondary N) is 2. The summed E-state index contributed by atoms with van der Waals surface area (Å²) in [6, 6.07) is 15.1. The van der Waals surface area contributed by atoms with Crippen molar-refractivity contribution >= 4 is 29.4 Å². The zero-order valence-electron chi connectivity index (χ0n) is 18.3. The molecule has 2 aromatic rings. The van der Waals surface area contributed by atoms with Crippen LogP contribution in [0.1, 0.15) is 19.4 Å². The number of hydrogen-bond donors (Lipinski definition) is 2. The first kappa shape index (κ1) is 22.8. The number of nitrogens with zero attached hydrogens (tertiary/aromatic N) is 2. The van der Waals surface area contributed by atoms with Gasteiger partial charge in [-0.3, -0.25) is 19.3 Å². The molecule has 1 fully saturated rings. The average molecular weight is 438 g/mol. The molecule has 0 bridgehead atoms. The Morgan fingerprint density at radius 2 is 1.75 bits per heavy atom. The molecule has 168 valence electrons. The highest BCUT2D eigenvalue weighted by molar-refractivity contribution is 6.09. The minimum absolute atomic E-state index is 0.229. The molecule has 9 heteroatoms. The molecule has 3 rings (SSSR count). The van der Waals surface area contributed by atoms with Crippen LogP contribution in [0.25, 0.3) is 0 Å². The fourth-order valence-electron chi connectivity index (χ4n) is 3.53. The van der Waals surface area contributed by atoms with Crippen LogP contribution < -0.4 is 15.4 Å². The first-order valence-electron chi connectivity index (χ1n) is 10.2. The molecule has 32 heavy (non-hydrogen) atoms. The molecule has 9 nitrogen and oxygen atoms in total. The number of hydrogen-bond acceptors (Lipinski definition) is 5.